The standard InChI is InChI=1S/C16H17BrN2O2/c1-11-8-14(17)15(18-9-11)12(2)19-16(20)21-10-13-6-4-3-5-7-13/h3-9,12H,10H2,1-2H3,(H,19,20). The molecular formula is C16H17BrN2O2. The zero-order chi connectivity index (χ0) is 15.2. The lowest BCUT2D eigenvalue weighted by Crippen LogP contribution is -2.28. The van der Waals surface area contributed by atoms with Crippen molar-refractivity contribution in [3.8, 4) is 0 Å². The number of hydrogen-bond acceptors (Lipinski definition) is 3. The summed E-state index contributed by atoms with van der Waals surface area (Å²) in [4.78, 5) is 16.1. The lowest BCUT2D eigenvalue weighted by atomic mass is 10.2. The van der Waals surface area contributed by atoms with E-state index in [2.05, 4.69) is 26.2 Å². The van der Waals surface area contributed by atoms with Crippen LogP contribution in [0.4, 0.5) is 4.79 Å². The molecule has 0 fully saturated rings. The van der Waals surface area contributed by atoms with Gasteiger partial charge in [-0.1, -0.05) is 30.3 Å². The molecule has 21 heavy (non-hydrogen) atoms. The highest BCUT2D eigenvalue weighted by Crippen LogP contribution is 2.21. The zero-order valence-corrected chi connectivity index (χ0v) is 13.6. The van der Waals surface area contributed by atoms with Crippen LogP contribution in [0.3, 0.4) is 0 Å². The Hall–Kier alpha value is -1.88. The van der Waals surface area contributed by atoms with Crippen LogP contribution in [0.5, 0.6) is 0 Å². The number of alkyl carbamates (subject to hydrolysis) is 1. The maximum Gasteiger partial charge on any atom is 0.407 e. The molecule has 1 unspecified atom stereocenters. The predicted molar refractivity (Wildman–Crippen MR) is 84.9 cm³/mol. The lowest BCUT2D eigenvalue weighted by molar-refractivity contribution is 0.136. The van der Waals surface area contributed by atoms with Crippen molar-refractivity contribution in [3.63, 3.8) is 0 Å². The Labute approximate surface area is 132 Å². The van der Waals surface area contributed by atoms with Gasteiger partial charge in [0.2, 0.25) is 0 Å². The van der Waals surface area contributed by atoms with E-state index in [1.807, 2.05) is 50.2 Å². The number of carbonyl (C=O) groups is 1. The maximum atomic E-state index is 11.8. The molecule has 1 atom stereocenters. The van der Waals surface area contributed by atoms with E-state index in [-0.39, 0.29) is 12.6 Å². The first kappa shape index (κ1) is 15.5. The fraction of sp³-hybridized carbons (Fsp3) is 0.250. The van der Waals surface area contributed by atoms with Gasteiger partial charge in [-0.2, -0.15) is 0 Å². The van der Waals surface area contributed by atoms with Gasteiger partial charge in [-0.15, -0.1) is 0 Å². The normalized spacial score (nSPS) is 11.8. The number of hydrogen-bond donors (Lipinski definition) is 1. The number of halogens is 1. The Bertz CT molecular complexity index is 617. The first-order valence-electron chi connectivity index (χ1n) is 6.65. The number of carbonyl (C=O) groups excluding carboxylic acids is 1. The summed E-state index contributed by atoms with van der Waals surface area (Å²) in [6, 6.07) is 11.3. The first-order chi connectivity index (χ1) is 10.1. The minimum Gasteiger partial charge on any atom is -0.445 e. The van der Waals surface area contributed by atoms with Crippen LogP contribution in [-0.2, 0) is 11.3 Å². The van der Waals surface area contributed by atoms with E-state index in [1.165, 1.54) is 0 Å². The van der Waals surface area contributed by atoms with E-state index in [4.69, 9.17) is 4.74 Å². The second-order valence-electron chi connectivity index (χ2n) is 4.81. The largest absolute Gasteiger partial charge is 0.445 e. The SMILES string of the molecule is Cc1cnc(C(C)NC(=O)OCc2ccccc2)c(Br)c1. The summed E-state index contributed by atoms with van der Waals surface area (Å²) in [5.74, 6) is 0. The number of aryl methyl sites for hydroxylation is 1. The predicted octanol–water partition coefficient (Wildman–Crippen LogP) is 4.14. The second-order valence-corrected chi connectivity index (χ2v) is 5.66. The van der Waals surface area contributed by atoms with Crippen molar-refractivity contribution in [2.24, 2.45) is 0 Å². The van der Waals surface area contributed by atoms with Crippen LogP contribution in [-0.4, -0.2) is 11.1 Å². The Morgan fingerprint density at radius 3 is 2.76 bits per heavy atom. The van der Waals surface area contributed by atoms with Gasteiger partial charge in [-0.05, 0) is 47.0 Å². The molecule has 0 aliphatic heterocycles. The molecule has 0 saturated carbocycles. The number of nitrogens with one attached hydrogen (secondary N) is 1. The number of ether oxygens (including phenoxy) is 1. The third-order valence-corrected chi connectivity index (χ3v) is 3.60. The number of aromatic nitrogens is 1. The lowest BCUT2D eigenvalue weighted by Gasteiger charge is -2.15. The highest BCUT2D eigenvalue weighted by Gasteiger charge is 2.14. The smallest absolute Gasteiger partial charge is 0.407 e. The fourth-order valence-electron chi connectivity index (χ4n) is 1.87. The van der Waals surface area contributed by atoms with Gasteiger partial charge >= 0.3 is 6.09 Å². The molecule has 1 heterocycles. The van der Waals surface area contributed by atoms with Crippen molar-refractivity contribution in [1.82, 2.24) is 10.3 Å². The molecule has 2 aromatic rings. The maximum absolute atomic E-state index is 11.8. The minimum absolute atomic E-state index is 0.233. The summed E-state index contributed by atoms with van der Waals surface area (Å²) in [7, 11) is 0. The summed E-state index contributed by atoms with van der Waals surface area (Å²) in [6.07, 6.45) is 1.31. The van der Waals surface area contributed by atoms with Crippen molar-refractivity contribution in [2.45, 2.75) is 26.5 Å². The van der Waals surface area contributed by atoms with Crippen LogP contribution in [0.25, 0.3) is 0 Å². The molecule has 2 rings (SSSR count). The monoisotopic (exact) mass is 348 g/mol. The molecule has 0 bridgehead atoms. The average molecular weight is 349 g/mol. The Morgan fingerprint density at radius 1 is 1.38 bits per heavy atom. The molecule has 0 saturated heterocycles. The Balaban J connectivity index is 1.90. The average Bonchev–Trinajstić information content (AvgIpc) is 2.46. The molecule has 0 aliphatic carbocycles. The molecule has 0 radical (unpaired) electrons. The van der Waals surface area contributed by atoms with Crippen LogP contribution in [0.15, 0.2) is 47.1 Å². The van der Waals surface area contributed by atoms with E-state index in [0.29, 0.717) is 0 Å². The summed E-state index contributed by atoms with van der Waals surface area (Å²) in [5.41, 5.74) is 2.79. The van der Waals surface area contributed by atoms with E-state index >= 15 is 0 Å². The highest BCUT2D eigenvalue weighted by atomic mass is 79.9. The van der Waals surface area contributed by atoms with Crippen LogP contribution in [0, 0.1) is 6.92 Å². The number of benzene rings is 1. The summed E-state index contributed by atoms with van der Waals surface area (Å²) < 4.78 is 6.06. The summed E-state index contributed by atoms with van der Waals surface area (Å²) in [6.45, 7) is 4.09. The summed E-state index contributed by atoms with van der Waals surface area (Å²) in [5, 5.41) is 2.77. The Morgan fingerprint density at radius 2 is 2.10 bits per heavy atom. The van der Waals surface area contributed by atoms with Gasteiger partial charge in [-0.3, -0.25) is 4.98 Å². The van der Waals surface area contributed by atoms with Gasteiger partial charge in [0.05, 0.1) is 11.7 Å². The molecular weight excluding hydrogens is 332 g/mol. The quantitative estimate of drug-likeness (QED) is 0.903. The van der Waals surface area contributed by atoms with Gasteiger partial charge in [-0.25, -0.2) is 4.79 Å². The minimum atomic E-state index is -0.458. The molecule has 1 amide bonds. The highest BCUT2D eigenvalue weighted by molar-refractivity contribution is 9.10. The van der Waals surface area contributed by atoms with Crippen LogP contribution >= 0.6 is 15.9 Å². The van der Waals surface area contributed by atoms with Crippen molar-refractivity contribution in [2.75, 3.05) is 0 Å². The van der Waals surface area contributed by atoms with E-state index in [9.17, 15) is 4.79 Å². The molecule has 5 heteroatoms. The number of rotatable bonds is 4. The van der Waals surface area contributed by atoms with Crippen molar-refractivity contribution in [3.05, 3.63) is 63.9 Å². The molecule has 4 nitrogen and oxygen atoms in total. The number of nitrogens with zero attached hydrogens (tertiary/aromatic N) is 1. The molecule has 0 aliphatic rings. The van der Waals surface area contributed by atoms with E-state index < -0.39 is 6.09 Å². The third-order valence-electron chi connectivity index (χ3n) is 2.96. The van der Waals surface area contributed by atoms with Crippen molar-refractivity contribution < 1.29 is 9.53 Å². The number of pyridine rings is 1. The van der Waals surface area contributed by atoms with Crippen molar-refractivity contribution >= 4 is 22.0 Å². The van der Waals surface area contributed by atoms with Crippen LogP contribution in [0.1, 0.15) is 29.8 Å². The third kappa shape index (κ3) is 4.56. The van der Waals surface area contributed by atoms with Gasteiger partial charge in [0, 0.05) is 10.7 Å². The molecule has 0 spiro atoms. The molecule has 1 N–H and O–H groups in total. The number of amides is 1. The Kier molecular flexibility index (Phi) is 5.33. The zero-order valence-electron chi connectivity index (χ0n) is 12.0. The topological polar surface area (TPSA) is 51.2 Å². The van der Waals surface area contributed by atoms with E-state index in [0.717, 1.165) is 21.3 Å². The molecule has 1 aromatic heterocycles. The van der Waals surface area contributed by atoms with Gasteiger partial charge < -0.3 is 10.1 Å². The first-order valence-corrected chi connectivity index (χ1v) is 7.45. The van der Waals surface area contributed by atoms with Gasteiger partial charge in [0.1, 0.15) is 6.61 Å². The van der Waals surface area contributed by atoms with Crippen LogP contribution in [0.2, 0.25) is 0 Å². The summed E-state index contributed by atoms with van der Waals surface area (Å²) >= 11 is 3.46. The van der Waals surface area contributed by atoms with Crippen molar-refractivity contribution in [1.29, 1.82) is 0 Å². The van der Waals surface area contributed by atoms with E-state index in [1.54, 1.807) is 6.20 Å². The van der Waals surface area contributed by atoms with Crippen LogP contribution < -0.4 is 5.32 Å². The van der Waals surface area contributed by atoms with Gasteiger partial charge in [0.25, 0.3) is 0 Å². The second kappa shape index (κ2) is 7.22. The van der Waals surface area contributed by atoms with Gasteiger partial charge in [0.15, 0.2) is 0 Å². The fourth-order valence-corrected chi connectivity index (χ4v) is 2.68. The molecule has 1 aromatic carbocycles. The molecule has 110 valence electrons.